The number of hydrogen-bond acceptors (Lipinski definition) is 3. The van der Waals surface area contributed by atoms with Crippen molar-refractivity contribution in [1.29, 1.82) is 0 Å². The average Bonchev–Trinajstić information content (AvgIpc) is 2.75. The summed E-state index contributed by atoms with van der Waals surface area (Å²) in [4.78, 5) is 4.52. The van der Waals surface area contributed by atoms with Crippen LogP contribution in [0.1, 0.15) is 29.5 Å². The van der Waals surface area contributed by atoms with E-state index < -0.39 is 0 Å². The van der Waals surface area contributed by atoms with Gasteiger partial charge in [-0.1, -0.05) is 0 Å². The first-order valence-corrected chi connectivity index (χ1v) is 4.87. The van der Waals surface area contributed by atoms with Gasteiger partial charge in [0.1, 0.15) is 0 Å². The Kier molecular flexibility index (Phi) is 1.92. The molecule has 11 heavy (non-hydrogen) atoms. The van der Waals surface area contributed by atoms with Crippen LogP contribution in [0.3, 0.4) is 0 Å². The van der Waals surface area contributed by atoms with Gasteiger partial charge in [-0.15, -0.1) is 11.3 Å². The Labute approximate surface area is 70.7 Å². The normalized spacial score (nSPS) is 17.2. The van der Waals surface area contributed by atoms with Gasteiger partial charge in [-0.25, -0.2) is 4.98 Å². The van der Waals surface area contributed by atoms with Crippen molar-refractivity contribution in [3.8, 4) is 0 Å². The van der Waals surface area contributed by atoms with Crippen LogP contribution in [0.5, 0.6) is 0 Å². The molecule has 1 N–H and O–H groups in total. The minimum atomic E-state index is 0.811. The van der Waals surface area contributed by atoms with Gasteiger partial charge >= 0.3 is 0 Å². The number of hydrogen-bond donors (Lipinski definition) is 1. The maximum absolute atomic E-state index is 4.52. The van der Waals surface area contributed by atoms with E-state index in [0.29, 0.717) is 0 Å². The van der Waals surface area contributed by atoms with E-state index in [4.69, 9.17) is 0 Å². The summed E-state index contributed by atoms with van der Waals surface area (Å²) in [6.07, 6.45) is 2.71. The molecule has 0 saturated heterocycles. The molecule has 0 atom stereocenters. The van der Waals surface area contributed by atoms with Gasteiger partial charge in [0.05, 0.1) is 10.7 Å². The highest BCUT2D eigenvalue weighted by Crippen LogP contribution is 2.41. The topological polar surface area (TPSA) is 24.9 Å². The smallest absolute Gasteiger partial charge is 0.0959 e. The maximum Gasteiger partial charge on any atom is 0.0959 e. The lowest BCUT2D eigenvalue weighted by Gasteiger charge is -1.90. The second-order valence-electron chi connectivity index (χ2n) is 2.98. The summed E-state index contributed by atoms with van der Waals surface area (Å²) in [6, 6.07) is 0. The Morgan fingerprint density at radius 2 is 2.55 bits per heavy atom. The van der Waals surface area contributed by atoms with Crippen molar-refractivity contribution in [1.82, 2.24) is 10.3 Å². The molecule has 2 nitrogen and oxygen atoms in total. The molecule has 1 aromatic heterocycles. The molecule has 0 aliphatic heterocycles. The summed E-state index contributed by atoms with van der Waals surface area (Å²) in [5.74, 6) is 0.811. The molecule has 0 bridgehead atoms. The number of thiazole rings is 1. The summed E-state index contributed by atoms with van der Waals surface area (Å²) >= 11 is 1.81. The van der Waals surface area contributed by atoms with E-state index >= 15 is 0 Å². The van der Waals surface area contributed by atoms with Crippen molar-refractivity contribution in [2.75, 3.05) is 7.05 Å². The predicted octanol–water partition coefficient (Wildman–Crippen LogP) is 1.74. The highest BCUT2D eigenvalue weighted by molar-refractivity contribution is 7.09. The molecular formula is C8H12N2S. The fourth-order valence-electron chi connectivity index (χ4n) is 1.10. The average molecular weight is 168 g/mol. The summed E-state index contributed by atoms with van der Waals surface area (Å²) in [7, 11) is 1.95. The van der Waals surface area contributed by atoms with E-state index in [-0.39, 0.29) is 0 Å². The van der Waals surface area contributed by atoms with Crippen LogP contribution in [0.4, 0.5) is 0 Å². The first-order valence-electron chi connectivity index (χ1n) is 3.99. The van der Waals surface area contributed by atoms with Gasteiger partial charge in [0.25, 0.3) is 0 Å². The van der Waals surface area contributed by atoms with Crippen LogP contribution in [0.2, 0.25) is 0 Å². The van der Waals surface area contributed by atoms with Crippen LogP contribution >= 0.6 is 11.3 Å². The summed E-state index contributed by atoms with van der Waals surface area (Å²) in [5.41, 5.74) is 1.19. The highest BCUT2D eigenvalue weighted by Gasteiger charge is 2.26. The minimum Gasteiger partial charge on any atom is -0.314 e. The van der Waals surface area contributed by atoms with Crippen LogP contribution in [-0.4, -0.2) is 12.0 Å². The molecule has 3 heteroatoms. The Morgan fingerprint density at radius 3 is 3.18 bits per heavy atom. The quantitative estimate of drug-likeness (QED) is 0.743. The Morgan fingerprint density at radius 1 is 1.73 bits per heavy atom. The number of nitrogens with one attached hydrogen (secondary N) is 1. The van der Waals surface area contributed by atoms with E-state index in [1.807, 2.05) is 18.4 Å². The molecule has 1 fully saturated rings. The lowest BCUT2D eigenvalue weighted by Crippen LogP contribution is -2.05. The Hall–Kier alpha value is -0.410. The molecule has 0 amide bonds. The van der Waals surface area contributed by atoms with Crippen LogP contribution < -0.4 is 5.32 Å². The lowest BCUT2D eigenvalue weighted by molar-refractivity contribution is 0.791. The number of nitrogens with zero attached hydrogens (tertiary/aromatic N) is 1. The maximum atomic E-state index is 4.52. The first kappa shape index (κ1) is 7.25. The minimum absolute atomic E-state index is 0.811. The third-order valence-corrected chi connectivity index (χ3v) is 2.91. The summed E-state index contributed by atoms with van der Waals surface area (Å²) < 4.78 is 0. The van der Waals surface area contributed by atoms with Gasteiger partial charge in [-0.2, -0.15) is 0 Å². The van der Waals surface area contributed by atoms with Crippen molar-refractivity contribution in [3.63, 3.8) is 0 Å². The summed E-state index contributed by atoms with van der Waals surface area (Å²) in [6.45, 7) is 0.906. The van der Waals surface area contributed by atoms with Gasteiger partial charge in [0.15, 0.2) is 0 Å². The standard InChI is InChI=1S/C8H12N2S/c1-9-4-7-5-11-8(10-7)6-2-3-6/h5-6,9H,2-4H2,1H3. The van der Waals surface area contributed by atoms with Gasteiger partial charge < -0.3 is 5.32 Å². The van der Waals surface area contributed by atoms with Gasteiger partial charge in [-0.3, -0.25) is 0 Å². The summed E-state index contributed by atoms with van der Waals surface area (Å²) in [5, 5.41) is 6.60. The second kappa shape index (κ2) is 2.91. The van der Waals surface area contributed by atoms with Crippen molar-refractivity contribution in [2.45, 2.75) is 25.3 Å². The van der Waals surface area contributed by atoms with Crippen LogP contribution in [0.25, 0.3) is 0 Å². The molecule has 0 spiro atoms. The third-order valence-electron chi connectivity index (χ3n) is 1.85. The van der Waals surface area contributed by atoms with Gasteiger partial charge in [0.2, 0.25) is 0 Å². The van der Waals surface area contributed by atoms with Crippen molar-refractivity contribution >= 4 is 11.3 Å². The largest absolute Gasteiger partial charge is 0.314 e. The van der Waals surface area contributed by atoms with Crippen LogP contribution in [0, 0.1) is 0 Å². The molecule has 60 valence electrons. The number of rotatable bonds is 3. The highest BCUT2D eigenvalue weighted by atomic mass is 32.1. The Balaban J connectivity index is 2.06. The zero-order valence-electron chi connectivity index (χ0n) is 6.63. The van der Waals surface area contributed by atoms with Gasteiger partial charge in [-0.05, 0) is 19.9 Å². The molecule has 1 heterocycles. The fourth-order valence-corrected chi connectivity index (χ4v) is 2.09. The molecule has 0 radical (unpaired) electrons. The molecule has 2 rings (SSSR count). The van der Waals surface area contributed by atoms with Crippen molar-refractivity contribution < 1.29 is 0 Å². The monoisotopic (exact) mass is 168 g/mol. The first-order chi connectivity index (χ1) is 5.40. The molecule has 0 unspecified atom stereocenters. The Bertz CT molecular complexity index is 240. The van der Waals surface area contributed by atoms with E-state index in [0.717, 1.165) is 12.5 Å². The molecule has 1 aromatic rings. The zero-order valence-corrected chi connectivity index (χ0v) is 7.45. The SMILES string of the molecule is CNCc1csc(C2CC2)n1. The third kappa shape index (κ3) is 1.60. The number of aromatic nitrogens is 1. The van der Waals surface area contributed by atoms with Gasteiger partial charge in [0, 0.05) is 17.8 Å². The molecule has 0 aromatic carbocycles. The van der Waals surface area contributed by atoms with E-state index in [1.54, 1.807) is 0 Å². The second-order valence-corrected chi connectivity index (χ2v) is 3.87. The van der Waals surface area contributed by atoms with Crippen LogP contribution in [-0.2, 0) is 6.54 Å². The molecule has 1 aliphatic rings. The molecule has 1 saturated carbocycles. The van der Waals surface area contributed by atoms with Crippen molar-refractivity contribution in [3.05, 3.63) is 16.1 Å². The zero-order chi connectivity index (χ0) is 7.68. The van der Waals surface area contributed by atoms with Crippen LogP contribution in [0.15, 0.2) is 5.38 Å². The predicted molar refractivity (Wildman–Crippen MR) is 46.9 cm³/mol. The van der Waals surface area contributed by atoms with E-state index in [2.05, 4.69) is 15.7 Å². The van der Waals surface area contributed by atoms with E-state index in [9.17, 15) is 0 Å². The fraction of sp³-hybridized carbons (Fsp3) is 0.625. The lowest BCUT2D eigenvalue weighted by atomic mass is 10.4. The van der Waals surface area contributed by atoms with Crippen molar-refractivity contribution in [2.24, 2.45) is 0 Å². The van der Waals surface area contributed by atoms with E-state index in [1.165, 1.54) is 23.5 Å². The molecule has 1 aliphatic carbocycles. The molecular weight excluding hydrogens is 156 g/mol.